The molecule has 0 aliphatic carbocycles. The van der Waals surface area contributed by atoms with Gasteiger partial charge in [0.2, 0.25) is 0 Å². The van der Waals surface area contributed by atoms with Gasteiger partial charge in [-0.3, -0.25) is 0 Å². The topological polar surface area (TPSA) is 33.8 Å². The van der Waals surface area contributed by atoms with Gasteiger partial charge in [-0.05, 0) is 23.8 Å². The molecule has 5 atom stereocenters. The fourth-order valence-corrected chi connectivity index (χ4v) is 2.95. The molecule has 2 aliphatic rings. The fraction of sp³-hybridized carbons (Fsp3) is 0.846. The number of rotatable bonds is 4. The molecule has 2 saturated heterocycles. The molecule has 1 N–H and O–H groups in total. The van der Waals surface area contributed by atoms with Crippen LogP contribution in [-0.4, -0.2) is 32.1 Å². The van der Waals surface area contributed by atoms with Gasteiger partial charge in [0.05, 0.1) is 0 Å². The van der Waals surface area contributed by atoms with Crippen molar-refractivity contribution in [2.24, 2.45) is 17.3 Å². The first-order valence-electron chi connectivity index (χ1n) is 6.06. The Hall–Kier alpha value is -0.380. The van der Waals surface area contributed by atoms with Crippen LogP contribution in [0.4, 0.5) is 0 Å². The predicted octanol–water partition coefficient (Wildman–Crippen LogP) is 1.79. The third-order valence-electron chi connectivity index (χ3n) is 4.33. The molecule has 2 rings (SSSR count). The van der Waals surface area contributed by atoms with Crippen LogP contribution >= 0.6 is 0 Å². The maximum absolute atomic E-state index is 5.50. The van der Waals surface area contributed by atoms with Crippen LogP contribution in [0.5, 0.6) is 0 Å². The Morgan fingerprint density at radius 3 is 2.69 bits per heavy atom. The van der Waals surface area contributed by atoms with E-state index >= 15 is 0 Å². The summed E-state index contributed by atoms with van der Waals surface area (Å²) in [5.74, 6) is 1.22. The summed E-state index contributed by atoms with van der Waals surface area (Å²) in [6.45, 7) is 11.8. The highest BCUT2D eigenvalue weighted by molar-refractivity contribution is 5.06. The van der Waals surface area contributed by atoms with Crippen LogP contribution in [0.15, 0.2) is 12.7 Å². The van der Waals surface area contributed by atoms with Crippen LogP contribution in [0.3, 0.4) is 0 Å². The van der Waals surface area contributed by atoms with Gasteiger partial charge >= 0.3 is 0 Å². The Kier molecular flexibility index (Phi) is 3.12. The predicted molar refractivity (Wildman–Crippen MR) is 64.1 cm³/mol. The number of nitrogens with one attached hydrogen (secondary N) is 1. The number of methoxy groups -OCH3 is 1. The van der Waals surface area contributed by atoms with Crippen LogP contribution in [-0.2, 0) is 9.47 Å². The van der Waals surface area contributed by atoms with E-state index in [4.69, 9.17) is 9.47 Å². The van der Waals surface area contributed by atoms with E-state index in [1.807, 2.05) is 0 Å². The maximum atomic E-state index is 5.50. The second kappa shape index (κ2) is 4.13. The van der Waals surface area contributed by atoms with E-state index in [9.17, 15) is 0 Å². The first-order valence-corrected chi connectivity index (χ1v) is 6.06. The number of hydrogen-bond acceptors (Lipinski definition) is 3. The van der Waals surface area contributed by atoms with Crippen LogP contribution in [0.1, 0.15) is 20.8 Å². The molecular formula is C13H23NO2. The third-order valence-corrected chi connectivity index (χ3v) is 4.33. The molecule has 0 spiro atoms. The van der Waals surface area contributed by atoms with Gasteiger partial charge in [-0.15, -0.1) is 6.58 Å². The number of ether oxygens (including phenoxy) is 2. The second-order valence-electron chi connectivity index (χ2n) is 5.63. The summed E-state index contributed by atoms with van der Waals surface area (Å²) in [4.78, 5) is 0. The first kappa shape index (κ1) is 12.1. The van der Waals surface area contributed by atoms with Crippen molar-refractivity contribution in [3.8, 4) is 0 Å². The van der Waals surface area contributed by atoms with Crippen molar-refractivity contribution < 1.29 is 9.47 Å². The summed E-state index contributed by atoms with van der Waals surface area (Å²) in [5, 5.41) is 3.57. The van der Waals surface area contributed by atoms with E-state index in [2.05, 4.69) is 38.7 Å². The molecule has 0 saturated carbocycles. The first-order chi connectivity index (χ1) is 7.51. The molecule has 2 fully saturated rings. The molecule has 3 nitrogen and oxygen atoms in total. The molecule has 0 aromatic carbocycles. The summed E-state index contributed by atoms with van der Waals surface area (Å²) in [6.07, 6.45) is 2.32. The largest absolute Gasteiger partial charge is 0.353 e. The summed E-state index contributed by atoms with van der Waals surface area (Å²) in [5.41, 5.74) is 0.179. The van der Waals surface area contributed by atoms with Crippen molar-refractivity contribution in [1.82, 2.24) is 5.32 Å². The van der Waals surface area contributed by atoms with Crippen LogP contribution in [0.25, 0.3) is 0 Å². The highest BCUT2D eigenvalue weighted by Crippen LogP contribution is 2.42. The van der Waals surface area contributed by atoms with E-state index in [0.29, 0.717) is 17.9 Å². The Morgan fingerprint density at radius 1 is 1.50 bits per heavy atom. The van der Waals surface area contributed by atoms with Crippen molar-refractivity contribution in [2.75, 3.05) is 13.7 Å². The number of allylic oxidation sites excluding steroid dienone is 1. The highest BCUT2D eigenvalue weighted by Gasteiger charge is 2.52. The molecule has 0 aromatic rings. The Morgan fingerprint density at radius 2 is 2.19 bits per heavy atom. The van der Waals surface area contributed by atoms with Crippen molar-refractivity contribution in [2.45, 2.75) is 39.2 Å². The zero-order valence-corrected chi connectivity index (χ0v) is 10.7. The smallest absolute Gasteiger partial charge is 0.185 e. The molecular weight excluding hydrogens is 202 g/mol. The maximum Gasteiger partial charge on any atom is 0.185 e. The molecule has 92 valence electrons. The molecule has 16 heavy (non-hydrogen) atoms. The van der Waals surface area contributed by atoms with Crippen molar-refractivity contribution in [3.05, 3.63) is 12.7 Å². The van der Waals surface area contributed by atoms with Crippen LogP contribution < -0.4 is 5.32 Å². The van der Waals surface area contributed by atoms with Gasteiger partial charge in [0, 0.05) is 13.2 Å². The van der Waals surface area contributed by atoms with Gasteiger partial charge in [-0.1, -0.05) is 26.8 Å². The van der Waals surface area contributed by atoms with Gasteiger partial charge < -0.3 is 14.8 Å². The molecule has 3 heteroatoms. The minimum Gasteiger partial charge on any atom is -0.353 e. The summed E-state index contributed by atoms with van der Waals surface area (Å²) >= 11 is 0. The van der Waals surface area contributed by atoms with Gasteiger partial charge in [0.1, 0.15) is 6.10 Å². The van der Waals surface area contributed by atoms with Crippen molar-refractivity contribution in [1.29, 1.82) is 0 Å². The summed E-state index contributed by atoms with van der Waals surface area (Å²) in [6, 6.07) is 0.425. The average molecular weight is 225 g/mol. The minimum absolute atomic E-state index is 0.00513. The molecule has 2 aliphatic heterocycles. The Balaban J connectivity index is 2.00. The minimum atomic E-state index is 0.00513. The lowest BCUT2D eigenvalue weighted by Gasteiger charge is -2.31. The summed E-state index contributed by atoms with van der Waals surface area (Å²) < 4.78 is 10.7. The SMILES string of the molecule is C=CC(C)(C)C1CNC(C2OC2OC)C1C. The molecule has 0 radical (unpaired) electrons. The Bertz CT molecular complexity index is 277. The van der Waals surface area contributed by atoms with Crippen LogP contribution in [0.2, 0.25) is 0 Å². The standard InChI is InChI=1S/C13H23NO2/c1-6-13(3,4)9-7-14-10(8(9)2)11-12(15-5)16-11/h6,8-12,14H,1,7H2,2-5H3. The van der Waals surface area contributed by atoms with Crippen LogP contribution in [0, 0.1) is 17.3 Å². The molecule has 0 bridgehead atoms. The van der Waals surface area contributed by atoms with E-state index in [-0.39, 0.29) is 17.8 Å². The fourth-order valence-electron chi connectivity index (χ4n) is 2.95. The third kappa shape index (κ3) is 1.92. The van der Waals surface area contributed by atoms with E-state index in [1.165, 1.54) is 0 Å². The number of epoxide rings is 1. The van der Waals surface area contributed by atoms with Gasteiger partial charge in [0.25, 0.3) is 0 Å². The van der Waals surface area contributed by atoms with Gasteiger partial charge in [0.15, 0.2) is 6.29 Å². The van der Waals surface area contributed by atoms with Crippen molar-refractivity contribution >= 4 is 0 Å². The lowest BCUT2D eigenvalue weighted by atomic mass is 9.72. The van der Waals surface area contributed by atoms with E-state index in [1.54, 1.807) is 7.11 Å². The lowest BCUT2D eigenvalue weighted by molar-refractivity contribution is 0.0950. The molecule has 0 aromatic heterocycles. The highest BCUT2D eigenvalue weighted by atomic mass is 16.8. The van der Waals surface area contributed by atoms with Gasteiger partial charge in [-0.25, -0.2) is 0 Å². The molecule has 5 unspecified atom stereocenters. The molecule has 0 amide bonds. The van der Waals surface area contributed by atoms with E-state index in [0.717, 1.165) is 6.54 Å². The summed E-state index contributed by atoms with van der Waals surface area (Å²) in [7, 11) is 1.70. The average Bonchev–Trinajstić information content (AvgIpc) is 2.94. The zero-order valence-electron chi connectivity index (χ0n) is 10.7. The zero-order chi connectivity index (χ0) is 11.9. The Labute approximate surface area is 98.2 Å². The quantitative estimate of drug-likeness (QED) is 0.585. The lowest BCUT2D eigenvalue weighted by Crippen LogP contribution is -2.34. The van der Waals surface area contributed by atoms with E-state index < -0.39 is 0 Å². The molecule has 2 heterocycles. The van der Waals surface area contributed by atoms with Crippen molar-refractivity contribution in [3.63, 3.8) is 0 Å². The normalized spacial score (nSPS) is 43.4. The monoisotopic (exact) mass is 225 g/mol. The second-order valence-corrected chi connectivity index (χ2v) is 5.63. The number of hydrogen-bond donors (Lipinski definition) is 1. The van der Waals surface area contributed by atoms with Gasteiger partial charge in [-0.2, -0.15) is 0 Å².